The van der Waals surface area contributed by atoms with E-state index in [1.807, 2.05) is 0 Å². The summed E-state index contributed by atoms with van der Waals surface area (Å²) >= 11 is 2.89. The first-order valence-corrected chi connectivity index (χ1v) is 8.30. The lowest BCUT2D eigenvalue weighted by Gasteiger charge is -2.10. The lowest BCUT2D eigenvalue weighted by molar-refractivity contribution is 0.0695. The second-order valence-corrected chi connectivity index (χ2v) is 6.67. The van der Waals surface area contributed by atoms with Crippen LogP contribution in [0.15, 0.2) is 16.6 Å². The maximum atomic E-state index is 13.8. The summed E-state index contributed by atoms with van der Waals surface area (Å²) in [6.45, 7) is 0.583. The van der Waals surface area contributed by atoms with E-state index in [2.05, 4.69) is 26.0 Å². The van der Waals surface area contributed by atoms with Crippen molar-refractivity contribution >= 4 is 37.6 Å². The number of sulfonamides is 1. The molecule has 0 spiro atoms. The minimum atomic E-state index is -3.22. The first-order valence-electron chi connectivity index (χ1n) is 5.62. The molecule has 0 aliphatic carbocycles. The van der Waals surface area contributed by atoms with Gasteiger partial charge in [-0.3, -0.25) is 0 Å². The summed E-state index contributed by atoms with van der Waals surface area (Å²) in [6.07, 6.45) is 1.52. The summed E-state index contributed by atoms with van der Waals surface area (Å²) in [6, 6.07) is 2.61. The molecule has 0 saturated carbocycles. The molecule has 0 radical (unpaired) electrons. The van der Waals surface area contributed by atoms with E-state index in [0.717, 1.165) is 6.26 Å². The molecule has 1 aromatic carbocycles. The van der Waals surface area contributed by atoms with Crippen LogP contribution in [0.5, 0.6) is 0 Å². The summed E-state index contributed by atoms with van der Waals surface area (Å²) in [5, 5.41) is 11.6. The van der Waals surface area contributed by atoms with Gasteiger partial charge in [0.15, 0.2) is 5.82 Å². The second-order valence-electron chi connectivity index (χ2n) is 4.04. The van der Waals surface area contributed by atoms with Crippen LogP contribution in [0, 0.1) is 5.82 Å². The van der Waals surface area contributed by atoms with E-state index in [-0.39, 0.29) is 22.3 Å². The van der Waals surface area contributed by atoms with Crippen LogP contribution in [0.4, 0.5) is 10.1 Å². The molecule has 9 heteroatoms. The highest BCUT2D eigenvalue weighted by Gasteiger charge is 2.15. The number of nitrogens with one attached hydrogen (secondary N) is 2. The molecular weight excluding hydrogens is 355 g/mol. The topological polar surface area (TPSA) is 95.5 Å². The van der Waals surface area contributed by atoms with Crippen molar-refractivity contribution in [3.8, 4) is 0 Å². The molecule has 0 aliphatic rings. The SMILES string of the molecule is CS(=O)(=O)NCCCNc1ccc(C(=O)O)c(Br)c1F. The van der Waals surface area contributed by atoms with Gasteiger partial charge in [0.25, 0.3) is 0 Å². The van der Waals surface area contributed by atoms with Gasteiger partial charge in [-0.2, -0.15) is 0 Å². The largest absolute Gasteiger partial charge is 0.478 e. The van der Waals surface area contributed by atoms with Gasteiger partial charge in [-0.05, 0) is 34.5 Å². The third-order valence-electron chi connectivity index (χ3n) is 2.35. The third kappa shape index (κ3) is 5.06. The number of carboxylic acid groups (broad SMARTS) is 1. The number of hydrogen-bond acceptors (Lipinski definition) is 4. The van der Waals surface area contributed by atoms with Crippen molar-refractivity contribution in [2.45, 2.75) is 6.42 Å². The van der Waals surface area contributed by atoms with Crippen LogP contribution in [0.25, 0.3) is 0 Å². The van der Waals surface area contributed by atoms with Crippen molar-refractivity contribution in [1.82, 2.24) is 4.72 Å². The molecule has 0 amide bonds. The maximum absolute atomic E-state index is 13.8. The van der Waals surface area contributed by atoms with E-state index in [1.165, 1.54) is 12.1 Å². The number of halogens is 2. The Hall–Kier alpha value is -1.19. The van der Waals surface area contributed by atoms with Gasteiger partial charge in [0.1, 0.15) is 0 Å². The highest BCUT2D eigenvalue weighted by Crippen LogP contribution is 2.27. The van der Waals surface area contributed by atoms with Crippen molar-refractivity contribution < 1.29 is 22.7 Å². The van der Waals surface area contributed by atoms with Crippen molar-refractivity contribution in [1.29, 1.82) is 0 Å². The Balaban J connectivity index is 2.57. The molecule has 6 nitrogen and oxygen atoms in total. The zero-order valence-corrected chi connectivity index (χ0v) is 13.0. The lowest BCUT2D eigenvalue weighted by Crippen LogP contribution is -2.24. The van der Waals surface area contributed by atoms with Crippen molar-refractivity contribution in [3.63, 3.8) is 0 Å². The smallest absolute Gasteiger partial charge is 0.336 e. The predicted octanol–water partition coefficient (Wildman–Crippen LogP) is 1.64. The number of rotatable bonds is 7. The minimum absolute atomic E-state index is 0.121. The fourth-order valence-corrected chi connectivity index (χ4v) is 2.45. The zero-order chi connectivity index (χ0) is 15.3. The molecule has 3 N–H and O–H groups in total. The van der Waals surface area contributed by atoms with E-state index < -0.39 is 21.8 Å². The average Bonchev–Trinajstić information content (AvgIpc) is 2.32. The van der Waals surface area contributed by atoms with Gasteiger partial charge in [-0.25, -0.2) is 22.3 Å². The molecule has 0 aliphatic heterocycles. The highest BCUT2D eigenvalue weighted by atomic mass is 79.9. The maximum Gasteiger partial charge on any atom is 0.336 e. The van der Waals surface area contributed by atoms with Crippen LogP contribution in [0.2, 0.25) is 0 Å². The summed E-state index contributed by atoms with van der Waals surface area (Å²) in [7, 11) is -3.22. The average molecular weight is 369 g/mol. The molecule has 112 valence electrons. The monoisotopic (exact) mass is 368 g/mol. The van der Waals surface area contributed by atoms with Crippen LogP contribution in [-0.4, -0.2) is 38.8 Å². The normalized spacial score (nSPS) is 11.3. The van der Waals surface area contributed by atoms with E-state index in [4.69, 9.17) is 5.11 Å². The van der Waals surface area contributed by atoms with E-state index >= 15 is 0 Å². The third-order valence-corrected chi connectivity index (χ3v) is 3.85. The van der Waals surface area contributed by atoms with Gasteiger partial charge in [0.2, 0.25) is 10.0 Å². The predicted molar refractivity (Wildman–Crippen MR) is 77.0 cm³/mol. The van der Waals surface area contributed by atoms with E-state index in [0.29, 0.717) is 13.0 Å². The Kier molecular flexibility index (Phi) is 5.90. The highest BCUT2D eigenvalue weighted by molar-refractivity contribution is 9.10. The molecule has 0 fully saturated rings. The molecular formula is C11H14BrFN2O4S. The van der Waals surface area contributed by atoms with E-state index in [1.54, 1.807) is 0 Å². The molecule has 1 rings (SSSR count). The Morgan fingerprint density at radius 2 is 2.05 bits per heavy atom. The summed E-state index contributed by atoms with van der Waals surface area (Å²) in [5.41, 5.74) is -0.00646. The second kappa shape index (κ2) is 7.00. The molecule has 0 atom stereocenters. The quantitative estimate of drug-likeness (QED) is 0.635. The Morgan fingerprint density at radius 3 is 2.60 bits per heavy atom. The fourth-order valence-electron chi connectivity index (χ4n) is 1.42. The molecule has 0 aromatic heterocycles. The van der Waals surface area contributed by atoms with Crippen LogP contribution < -0.4 is 10.0 Å². The first kappa shape index (κ1) is 16.9. The molecule has 0 saturated heterocycles. The molecule has 0 unspecified atom stereocenters. The standard InChI is InChI=1S/C11H14BrFN2O4S/c1-20(18,19)15-6-2-5-14-8-4-3-7(11(16)17)9(12)10(8)13/h3-4,14-15H,2,5-6H2,1H3,(H,16,17). The summed E-state index contributed by atoms with van der Waals surface area (Å²) in [5.74, 6) is -1.92. The van der Waals surface area contributed by atoms with Gasteiger partial charge in [-0.1, -0.05) is 0 Å². The number of carboxylic acids is 1. The van der Waals surface area contributed by atoms with Crippen LogP contribution in [-0.2, 0) is 10.0 Å². The summed E-state index contributed by atoms with van der Waals surface area (Å²) < 4.78 is 37.6. The lowest BCUT2D eigenvalue weighted by atomic mass is 10.2. The molecule has 1 aromatic rings. The molecule has 0 heterocycles. The Labute approximate surface area is 124 Å². The molecule has 0 bridgehead atoms. The number of anilines is 1. The van der Waals surface area contributed by atoms with Crippen LogP contribution in [0.3, 0.4) is 0 Å². The number of carbonyl (C=O) groups is 1. The first-order chi connectivity index (χ1) is 9.22. The van der Waals surface area contributed by atoms with Crippen molar-refractivity contribution in [2.24, 2.45) is 0 Å². The van der Waals surface area contributed by atoms with E-state index in [9.17, 15) is 17.6 Å². The van der Waals surface area contributed by atoms with Crippen molar-refractivity contribution in [2.75, 3.05) is 24.7 Å². The zero-order valence-electron chi connectivity index (χ0n) is 10.6. The van der Waals surface area contributed by atoms with Gasteiger partial charge in [-0.15, -0.1) is 0 Å². The van der Waals surface area contributed by atoms with Gasteiger partial charge in [0.05, 0.1) is 22.0 Å². The minimum Gasteiger partial charge on any atom is -0.478 e. The van der Waals surface area contributed by atoms with Crippen molar-refractivity contribution in [3.05, 3.63) is 28.0 Å². The fraction of sp³-hybridized carbons (Fsp3) is 0.364. The number of benzene rings is 1. The Bertz CT molecular complexity index is 607. The number of hydrogen-bond donors (Lipinski definition) is 3. The molecule has 20 heavy (non-hydrogen) atoms. The van der Waals surface area contributed by atoms with Gasteiger partial charge >= 0.3 is 5.97 Å². The summed E-state index contributed by atoms with van der Waals surface area (Å²) in [4.78, 5) is 10.8. The van der Waals surface area contributed by atoms with Crippen LogP contribution in [0.1, 0.15) is 16.8 Å². The van der Waals surface area contributed by atoms with Gasteiger partial charge in [0, 0.05) is 13.1 Å². The Morgan fingerprint density at radius 1 is 1.40 bits per heavy atom. The number of aromatic carboxylic acids is 1. The van der Waals surface area contributed by atoms with Gasteiger partial charge < -0.3 is 10.4 Å². The van der Waals surface area contributed by atoms with Crippen LogP contribution >= 0.6 is 15.9 Å².